The Balaban J connectivity index is 1.63. The zero-order valence-corrected chi connectivity index (χ0v) is 10.8. The van der Waals surface area contributed by atoms with Gasteiger partial charge < -0.3 is 10.6 Å². The first-order valence-corrected chi connectivity index (χ1v) is 6.87. The van der Waals surface area contributed by atoms with E-state index >= 15 is 0 Å². The van der Waals surface area contributed by atoms with Crippen molar-refractivity contribution < 1.29 is 4.79 Å². The number of fused-ring (bicyclic) bond motifs is 1. The van der Waals surface area contributed by atoms with Gasteiger partial charge in [0.15, 0.2) is 0 Å². The molecule has 1 aliphatic carbocycles. The molecule has 18 heavy (non-hydrogen) atoms. The number of hydrogen-bond donors (Lipinski definition) is 2. The summed E-state index contributed by atoms with van der Waals surface area (Å²) in [6, 6.07) is 8.93. The van der Waals surface area contributed by atoms with Gasteiger partial charge in [-0.1, -0.05) is 24.3 Å². The van der Waals surface area contributed by atoms with Crippen molar-refractivity contribution in [3.63, 3.8) is 0 Å². The Morgan fingerprint density at radius 2 is 2.22 bits per heavy atom. The molecular formula is C15H20N2O. The Morgan fingerprint density at radius 3 is 3.00 bits per heavy atom. The Labute approximate surface area is 108 Å². The molecule has 1 aromatic rings. The molecule has 3 atom stereocenters. The van der Waals surface area contributed by atoms with E-state index in [2.05, 4.69) is 29.7 Å². The van der Waals surface area contributed by atoms with E-state index in [1.54, 1.807) is 0 Å². The molecular weight excluding hydrogens is 224 g/mol. The SMILES string of the molecule is CC1NCCCC1NC(=O)C1Cc2ccccc21. The van der Waals surface area contributed by atoms with Crippen molar-refractivity contribution >= 4 is 5.91 Å². The van der Waals surface area contributed by atoms with E-state index in [-0.39, 0.29) is 11.8 Å². The lowest BCUT2D eigenvalue weighted by Gasteiger charge is -2.34. The number of rotatable bonds is 2. The number of carbonyl (C=O) groups excluding carboxylic acids is 1. The molecule has 1 heterocycles. The topological polar surface area (TPSA) is 41.1 Å². The maximum Gasteiger partial charge on any atom is 0.228 e. The Morgan fingerprint density at radius 1 is 1.39 bits per heavy atom. The summed E-state index contributed by atoms with van der Waals surface area (Å²) in [6.45, 7) is 3.22. The highest BCUT2D eigenvalue weighted by Crippen LogP contribution is 2.35. The minimum Gasteiger partial charge on any atom is -0.351 e. The first kappa shape index (κ1) is 11.7. The van der Waals surface area contributed by atoms with E-state index < -0.39 is 0 Å². The molecule has 0 bridgehead atoms. The molecule has 3 heteroatoms. The highest BCUT2D eigenvalue weighted by atomic mass is 16.2. The Hall–Kier alpha value is -1.35. The van der Waals surface area contributed by atoms with Crippen LogP contribution in [0.4, 0.5) is 0 Å². The number of nitrogens with one attached hydrogen (secondary N) is 2. The maximum absolute atomic E-state index is 12.3. The third-order valence-corrected chi connectivity index (χ3v) is 4.26. The van der Waals surface area contributed by atoms with Crippen LogP contribution in [0, 0.1) is 0 Å². The average molecular weight is 244 g/mol. The van der Waals surface area contributed by atoms with Crippen LogP contribution in [0.5, 0.6) is 0 Å². The summed E-state index contributed by atoms with van der Waals surface area (Å²) in [6.07, 6.45) is 3.14. The van der Waals surface area contributed by atoms with Gasteiger partial charge in [0, 0.05) is 12.1 Å². The largest absolute Gasteiger partial charge is 0.351 e. The fraction of sp³-hybridized carbons (Fsp3) is 0.533. The molecule has 3 rings (SSSR count). The van der Waals surface area contributed by atoms with Crippen LogP contribution in [0.15, 0.2) is 24.3 Å². The highest BCUT2D eigenvalue weighted by molar-refractivity contribution is 5.87. The van der Waals surface area contributed by atoms with Crippen LogP contribution in [0.1, 0.15) is 36.8 Å². The molecule has 1 saturated heterocycles. The maximum atomic E-state index is 12.3. The molecule has 3 unspecified atom stereocenters. The predicted molar refractivity (Wildman–Crippen MR) is 71.5 cm³/mol. The fourth-order valence-electron chi connectivity index (χ4n) is 3.02. The second kappa shape index (κ2) is 4.73. The number of carbonyl (C=O) groups is 1. The van der Waals surface area contributed by atoms with Gasteiger partial charge in [-0.05, 0) is 43.9 Å². The monoisotopic (exact) mass is 244 g/mol. The summed E-state index contributed by atoms with van der Waals surface area (Å²) >= 11 is 0. The number of piperidine rings is 1. The Bertz CT molecular complexity index is 458. The van der Waals surface area contributed by atoms with Gasteiger partial charge >= 0.3 is 0 Å². The first-order chi connectivity index (χ1) is 8.75. The summed E-state index contributed by atoms with van der Waals surface area (Å²) in [4.78, 5) is 12.3. The smallest absolute Gasteiger partial charge is 0.228 e. The fourth-order valence-corrected chi connectivity index (χ4v) is 3.02. The van der Waals surface area contributed by atoms with Gasteiger partial charge in [-0.15, -0.1) is 0 Å². The van der Waals surface area contributed by atoms with Gasteiger partial charge in [-0.2, -0.15) is 0 Å². The van der Waals surface area contributed by atoms with E-state index in [0.717, 1.165) is 25.8 Å². The highest BCUT2D eigenvalue weighted by Gasteiger charge is 2.33. The van der Waals surface area contributed by atoms with E-state index in [1.807, 2.05) is 12.1 Å². The van der Waals surface area contributed by atoms with Crippen LogP contribution < -0.4 is 10.6 Å². The molecule has 3 nitrogen and oxygen atoms in total. The van der Waals surface area contributed by atoms with Crippen molar-refractivity contribution in [2.45, 2.75) is 44.2 Å². The lowest BCUT2D eigenvalue weighted by atomic mass is 9.77. The summed E-state index contributed by atoms with van der Waals surface area (Å²) in [5, 5.41) is 6.63. The Kier molecular flexibility index (Phi) is 3.08. The van der Waals surface area contributed by atoms with Crippen LogP contribution in [0.25, 0.3) is 0 Å². The van der Waals surface area contributed by atoms with Crippen LogP contribution in [0.2, 0.25) is 0 Å². The van der Waals surface area contributed by atoms with Crippen LogP contribution >= 0.6 is 0 Å². The number of hydrogen-bond acceptors (Lipinski definition) is 2. The molecule has 2 aliphatic rings. The molecule has 1 amide bonds. The van der Waals surface area contributed by atoms with Crippen molar-refractivity contribution in [1.82, 2.24) is 10.6 Å². The van der Waals surface area contributed by atoms with Crippen molar-refractivity contribution in [3.05, 3.63) is 35.4 Å². The van der Waals surface area contributed by atoms with E-state index in [9.17, 15) is 4.79 Å². The molecule has 1 aliphatic heterocycles. The summed E-state index contributed by atoms with van der Waals surface area (Å²) in [7, 11) is 0. The van der Waals surface area contributed by atoms with Crippen molar-refractivity contribution in [2.75, 3.05) is 6.54 Å². The van der Waals surface area contributed by atoms with E-state index in [4.69, 9.17) is 0 Å². The second-order valence-corrected chi connectivity index (χ2v) is 5.46. The van der Waals surface area contributed by atoms with Crippen LogP contribution in [-0.2, 0) is 11.2 Å². The molecule has 0 spiro atoms. The van der Waals surface area contributed by atoms with Crippen LogP contribution in [-0.4, -0.2) is 24.5 Å². The number of amides is 1. The molecule has 2 N–H and O–H groups in total. The molecule has 0 saturated carbocycles. The van der Waals surface area contributed by atoms with E-state index in [1.165, 1.54) is 11.1 Å². The zero-order valence-electron chi connectivity index (χ0n) is 10.8. The van der Waals surface area contributed by atoms with Gasteiger partial charge in [-0.25, -0.2) is 0 Å². The molecule has 96 valence electrons. The zero-order chi connectivity index (χ0) is 12.5. The van der Waals surface area contributed by atoms with Gasteiger partial charge in [0.2, 0.25) is 5.91 Å². The second-order valence-electron chi connectivity index (χ2n) is 5.46. The number of benzene rings is 1. The van der Waals surface area contributed by atoms with Crippen LogP contribution in [0.3, 0.4) is 0 Å². The van der Waals surface area contributed by atoms with Crippen molar-refractivity contribution in [2.24, 2.45) is 0 Å². The third-order valence-electron chi connectivity index (χ3n) is 4.26. The molecule has 0 aromatic heterocycles. The molecule has 1 aromatic carbocycles. The quantitative estimate of drug-likeness (QED) is 0.829. The molecule has 1 fully saturated rings. The van der Waals surface area contributed by atoms with Gasteiger partial charge in [-0.3, -0.25) is 4.79 Å². The van der Waals surface area contributed by atoms with Crippen molar-refractivity contribution in [1.29, 1.82) is 0 Å². The summed E-state index contributed by atoms with van der Waals surface area (Å²) in [5.41, 5.74) is 2.54. The minimum absolute atomic E-state index is 0.0790. The van der Waals surface area contributed by atoms with Gasteiger partial charge in [0.05, 0.1) is 5.92 Å². The van der Waals surface area contributed by atoms with Gasteiger partial charge in [0.1, 0.15) is 0 Å². The third kappa shape index (κ3) is 2.03. The van der Waals surface area contributed by atoms with E-state index in [0.29, 0.717) is 12.1 Å². The first-order valence-electron chi connectivity index (χ1n) is 6.87. The minimum atomic E-state index is 0.0790. The normalized spacial score (nSPS) is 30.2. The standard InChI is InChI=1S/C15H20N2O/c1-10-14(7-4-8-16-10)17-15(18)13-9-11-5-2-3-6-12(11)13/h2-3,5-6,10,13-14,16H,4,7-9H2,1H3,(H,17,18). The average Bonchev–Trinajstić information content (AvgIpc) is 2.34. The summed E-state index contributed by atoms with van der Waals surface area (Å²) < 4.78 is 0. The lowest BCUT2D eigenvalue weighted by Crippen LogP contribution is -2.53. The van der Waals surface area contributed by atoms with Crippen molar-refractivity contribution in [3.8, 4) is 0 Å². The lowest BCUT2D eigenvalue weighted by molar-refractivity contribution is -0.124. The predicted octanol–water partition coefficient (Wildman–Crippen LogP) is 1.58. The summed E-state index contributed by atoms with van der Waals surface area (Å²) in [5.74, 6) is 0.282. The molecule has 0 radical (unpaired) electrons. The van der Waals surface area contributed by atoms with Gasteiger partial charge in [0.25, 0.3) is 0 Å².